The topological polar surface area (TPSA) is 82.0 Å². The second-order valence-corrected chi connectivity index (χ2v) is 6.62. The van der Waals surface area contributed by atoms with E-state index in [1.54, 1.807) is 19.5 Å². The molecule has 1 aromatic rings. The zero-order valence-corrected chi connectivity index (χ0v) is 18.8. The number of guanidine groups is 1. The Morgan fingerprint density at radius 3 is 2.70 bits per heavy atom. The van der Waals surface area contributed by atoms with Gasteiger partial charge in [0.15, 0.2) is 5.96 Å². The fourth-order valence-electron chi connectivity index (χ4n) is 3.12. The molecule has 2 rings (SSSR count). The predicted octanol–water partition coefficient (Wildman–Crippen LogP) is 1.79. The number of hydrogen-bond donors (Lipinski definition) is 3. The molecule has 1 unspecified atom stereocenters. The van der Waals surface area contributed by atoms with Crippen molar-refractivity contribution >= 4 is 29.9 Å². The monoisotopic (exact) mass is 491 g/mol. The van der Waals surface area contributed by atoms with Gasteiger partial charge in [-0.1, -0.05) is 0 Å². The molecule has 8 heteroatoms. The molecule has 0 spiro atoms. The van der Waals surface area contributed by atoms with Gasteiger partial charge in [0.1, 0.15) is 0 Å². The van der Waals surface area contributed by atoms with Crippen LogP contribution in [0.2, 0.25) is 0 Å². The lowest BCUT2D eigenvalue weighted by Crippen LogP contribution is -2.49. The molecule has 1 aromatic heterocycles. The highest BCUT2D eigenvalue weighted by molar-refractivity contribution is 14.0. The number of aliphatic hydroxyl groups is 1. The normalized spacial score (nSPS) is 17.2. The molecule has 3 N–H and O–H groups in total. The Bertz CT molecular complexity index is 524. The lowest BCUT2D eigenvalue weighted by atomic mass is 10.1. The average molecular weight is 491 g/mol. The second kappa shape index (κ2) is 14.1. The van der Waals surface area contributed by atoms with E-state index in [0.29, 0.717) is 12.6 Å². The number of likely N-dealkylation sites (tertiary alicyclic amines) is 1. The van der Waals surface area contributed by atoms with Crippen molar-refractivity contribution in [3.63, 3.8) is 0 Å². The predicted molar refractivity (Wildman–Crippen MR) is 120 cm³/mol. The summed E-state index contributed by atoms with van der Waals surface area (Å²) in [5.74, 6) is 0.776. The van der Waals surface area contributed by atoms with Gasteiger partial charge in [-0.2, -0.15) is 0 Å². The maximum absolute atomic E-state index is 10.3. The van der Waals surface area contributed by atoms with Crippen molar-refractivity contribution in [2.45, 2.75) is 38.3 Å². The van der Waals surface area contributed by atoms with Crippen molar-refractivity contribution < 1.29 is 9.84 Å². The molecule has 1 aliphatic rings. The van der Waals surface area contributed by atoms with Gasteiger partial charge in [-0.05, 0) is 43.9 Å². The van der Waals surface area contributed by atoms with Crippen molar-refractivity contribution in [1.82, 2.24) is 20.5 Å². The first-order chi connectivity index (χ1) is 12.7. The summed E-state index contributed by atoms with van der Waals surface area (Å²) in [6.45, 7) is 7.31. The summed E-state index contributed by atoms with van der Waals surface area (Å²) in [7, 11) is 1.75. The van der Waals surface area contributed by atoms with E-state index < -0.39 is 6.10 Å². The summed E-state index contributed by atoms with van der Waals surface area (Å²) in [5.41, 5.74) is 0.837. The molecule has 0 radical (unpaired) electrons. The summed E-state index contributed by atoms with van der Waals surface area (Å²) in [5, 5.41) is 17.1. The Morgan fingerprint density at radius 1 is 1.37 bits per heavy atom. The van der Waals surface area contributed by atoms with Crippen LogP contribution in [-0.2, 0) is 4.74 Å². The Balaban J connectivity index is 0.00000364. The zero-order valence-electron chi connectivity index (χ0n) is 16.4. The minimum atomic E-state index is -0.615. The van der Waals surface area contributed by atoms with E-state index in [9.17, 15) is 5.11 Å². The SMILES string of the molecule is CCNC(=NCC(O)c1ccncc1)NC1CCN(CCCOC)CC1.I. The van der Waals surface area contributed by atoms with E-state index in [0.717, 1.165) is 63.6 Å². The van der Waals surface area contributed by atoms with Gasteiger partial charge in [-0.25, -0.2) is 0 Å². The van der Waals surface area contributed by atoms with Gasteiger partial charge in [0, 0.05) is 58.3 Å². The molecule has 1 atom stereocenters. The van der Waals surface area contributed by atoms with Crippen molar-refractivity contribution in [1.29, 1.82) is 0 Å². The average Bonchev–Trinajstić information content (AvgIpc) is 2.68. The first-order valence-electron chi connectivity index (χ1n) is 9.57. The van der Waals surface area contributed by atoms with Gasteiger partial charge in [-0.3, -0.25) is 9.98 Å². The number of rotatable bonds is 9. The third kappa shape index (κ3) is 9.18. The molecule has 0 saturated carbocycles. The first-order valence-corrected chi connectivity index (χ1v) is 9.57. The van der Waals surface area contributed by atoms with Crippen molar-refractivity contribution in [3.05, 3.63) is 30.1 Å². The van der Waals surface area contributed by atoms with Crippen molar-refractivity contribution in [2.24, 2.45) is 4.99 Å². The fraction of sp³-hybridized carbons (Fsp3) is 0.684. The molecule has 154 valence electrons. The van der Waals surface area contributed by atoms with Crippen molar-refractivity contribution in [2.75, 3.05) is 46.4 Å². The quantitative estimate of drug-likeness (QED) is 0.212. The molecule has 1 aliphatic heterocycles. The Hall–Kier alpha value is -0.970. The van der Waals surface area contributed by atoms with Crippen LogP contribution in [0, 0.1) is 0 Å². The maximum atomic E-state index is 10.3. The number of aromatic nitrogens is 1. The highest BCUT2D eigenvalue weighted by Crippen LogP contribution is 2.12. The summed E-state index contributed by atoms with van der Waals surface area (Å²) < 4.78 is 5.12. The number of piperidine rings is 1. The summed E-state index contributed by atoms with van der Waals surface area (Å²) in [4.78, 5) is 11.0. The largest absolute Gasteiger partial charge is 0.386 e. The lowest BCUT2D eigenvalue weighted by molar-refractivity contribution is 0.155. The van der Waals surface area contributed by atoms with Gasteiger partial charge in [-0.15, -0.1) is 24.0 Å². The zero-order chi connectivity index (χ0) is 18.6. The van der Waals surface area contributed by atoms with Crippen LogP contribution in [0.25, 0.3) is 0 Å². The minimum Gasteiger partial charge on any atom is -0.386 e. The van der Waals surface area contributed by atoms with Crippen LogP contribution in [0.5, 0.6) is 0 Å². The first kappa shape index (κ1) is 24.1. The van der Waals surface area contributed by atoms with E-state index in [-0.39, 0.29) is 24.0 Å². The molecule has 1 fully saturated rings. The number of halogens is 1. The van der Waals surface area contributed by atoms with Crippen molar-refractivity contribution in [3.8, 4) is 0 Å². The molecule has 7 nitrogen and oxygen atoms in total. The third-order valence-corrected chi connectivity index (χ3v) is 4.61. The van der Waals surface area contributed by atoms with Crippen LogP contribution in [0.3, 0.4) is 0 Å². The standard InChI is InChI=1S/C19H33N5O2.HI/c1-3-21-19(22-15-18(25)16-5-9-20-10-6-16)23-17-7-12-24(13-8-17)11-4-14-26-2;/h5-6,9-10,17-18,25H,3-4,7-8,11-15H2,1-2H3,(H2,21,22,23);1H. The van der Waals surface area contributed by atoms with Crippen LogP contribution in [0.15, 0.2) is 29.5 Å². The maximum Gasteiger partial charge on any atom is 0.191 e. The van der Waals surface area contributed by atoms with E-state index in [1.165, 1.54) is 0 Å². The Morgan fingerprint density at radius 2 is 2.07 bits per heavy atom. The number of aliphatic hydroxyl groups excluding tert-OH is 1. The smallest absolute Gasteiger partial charge is 0.191 e. The van der Waals surface area contributed by atoms with Crippen LogP contribution in [0.4, 0.5) is 0 Å². The van der Waals surface area contributed by atoms with Gasteiger partial charge in [0.05, 0.1) is 12.6 Å². The Kier molecular flexibility index (Phi) is 12.6. The molecular weight excluding hydrogens is 457 g/mol. The minimum absolute atomic E-state index is 0. The fourth-order valence-corrected chi connectivity index (χ4v) is 3.12. The number of methoxy groups -OCH3 is 1. The molecule has 0 aromatic carbocycles. The molecule has 0 bridgehead atoms. The molecule has 27 heavy (non-hydrogen) atoms. The molecule has 0 aliphatic carbocycles. The number of hydrogen-bond acceptors (Lipinski definition) is 5. The number of aliphatic imine (C=N–C) groups is 1. The van der Waals surface area contributed by atoms with E-state index >= 15 is 0 Å². The molecule has 2 heterocycles. The van der Waals surface area contributed by atoms with Gasteiger partial charge >= 0.3 is 0 Å². The number of ether oxygens (including phenoxy) is 1. The number of nitrogens with one attached hydrogen (secondary N) is 2. The lowest BCUT2D eigenvalue weighted by Gasteiger charge is -2.33. The van der Waals surface area contributed by atoms with E-state index in [2.05, 4.69) is 32.4 Å². The molecule has 0 amide bonds. The Labute approximate surface area is 180 Å². The van der Waals surface area contributed by atoms with Gasteiger partial charge in [0.25, 0.3) is 0 Å². The van der Waals surface area contributed by atoms with Crippen LogP contribution >= 0.6 is 24.0 Å². The number of nitrogens with zero attached hydrogens (tertiary/aromatic N) is 3. The van der Waals surface area contributed by atoms with E-state index in [4.69, 9.17) is 4.74 Å². The van der Waals surface area contributed by atoms with Crippen LogP contribution in [-0.4, -0.2) is 73.4 Å². The summed E-state index contributed by atoms with van der Waals surface area (Å²) in [6, 6.07) is 4.06. The molecule has 1 saturated heterocycles. The molecular formula is C19H34IN5O2. The summed E-state index contributed by atoms with van der Waals surface area (Å²) in [6.07, 6.45) is 6.05. The second-order valence-electron chi connectivity index (χ2n) is 6.62. The van der Waals surface area contributed by atoms with Crippen LogP contribution < -0.4 is 10.6 Å². The summed E-state index contributed by atoms with van der Waals surface area (Å²) >= 11 is 0. The van der Waals surface area contributed by atoms with Crippen LogP contribution in [0.1, 0.15) is 37.9 Å². The highest BCUT2D eigenvalue weighted by Gasteiger charge is 2.19. The van der Waals surface area contributed by atoms with E-state index in [1.807, 2.05) is 12.1 Å². The van der Waals surface area contributed by atoms with Gasteiger partial charge < -0.3 is 25.4 Å². The number of pyridine rings is 1. The van der Waals surface area contributed by atoms with Gasteiger partial charge in [0.2, 0.25) is 0 Å². The third-order valence-electron chi connectivity index (χ3n) is 4.61. The highest BCUT2D eigenvalue weighted by atomic mass is 127.